The van der Waals surface area contributed by atoms with Crippen molar-refractivity contribution in [3.63, 3.8) is 0 Å². The third-order valence-corrected chi connectivity index (χ3v) is 7.80. The Bertz CT molecular complexity index is 1290. The zero-order valence-corrected chi connectivity index (χ0v) is 20.3. The summed E-state index contributed by atoms with van der Waals surface area (Å²) in [6.45, 7) is 6.23. The molecule has 34 heavy (non-hydrogen) atoms. The van der Waals surface area contributed by atoms with Gasteiger partial charge in [0.05, 0.1) is 23.1 Å². The molecule has 0 spiro atoms. The lowest BCUT2D eigenvalue weighted by atomic mass is 9.98. The maximum atomic E-state index is 13.6. The number of nitrogens with zero attached hydrogens (tertiary/aromatic N) is 3. The van der Waals surface area contributed by atoms with E-state index in [0.717, 1.165) is 0 Å². The molecule has 1 aromatic heterocycles. The molecule has 180 valence electrons. The summed E-state index contributed by atoms with van der Waals surface area (Å²) in [7, 11) is -3.83. The van der Waals surface area contributed by atoms with Crippen molar-refractivity contribution in [2.24, 2.45) is 5.92 Å². The quantitative estimate of drug-likeness (QED) is 0.542. The molecule has 0 bridgehead atoms. The van der Waals surface area contributed by atoms with Gasteiger partial charge in [-0.05, 0) is 50.5 Å². The largest absolute Gasteiger partial charge is 0.492 e. The topological polar surface area (TPSA) is 115 Å². The maximum Gasteiger partial charge on any atom is 0.243 e. The third-order valence-electron chi connectivity index (χ3n) is 5.79. The third kappa shape index (κ3) is 4.97. The highest BCUT2D eigenvalue weighted by Crippen LogP contribution is 2.30. The number of piperidine rings is 1. The van der Waals surface area contributed by atoms with Crippen molar-refractivity contribution in [3.05, 3.63) is 53.9 Å². The number of anilines is 1. The van der Waals surface area contributed by atoms with Crippen molar-refractivity contribution in [1.29, 1.82) is 0 Å². The molecule has 3 aromatic rings. The van der Waals surface area contributed by atoms with Gasteiger partial charge in [-0.2, -0.15) is 9.29 Å². The minimum atomic E-state index is -3.83. The van der Waals surface area contributed by atoms with Gasteiger partial charge in [-0.15, -0.1) is 0 Å². The Hall–Kier alpha value is -3.24. The summed E-state index contributed by atoms with van der Waals surface area (Å²) >= 11 is 0. The van der Waals surface area contributed by atoms with Crippen molar-refractivity contribution < 1.29 is 22.5 Å². The van der Waals surface area contributed by atoms with Crippen LogP contribution in [0.2, 0.25) is 0 Å². The Morgan fingerprint density at radius 2 is 2.03 bits per heavy atom. The Morgan fingerprint density at radius 1 is 1.24 bits per heavy atom. The van der Waals surface area contributed by atoms with Crippen LogP contribution in [0.4, 0.5) is 5.69 Å². The van der Waals surface area contributed by atoms with Crippen molar-refractivity contribution >= 4 is 21.6 Å². The van der Waals surface area contributed by atoms with E-state index in [2.05, 4.69) is 15.5 Å². The molecule has 1 N–H and O–H groups in total. The van der Waals surface area contributed by atoms with E-state index < -0.39 is 15.9 Å². The van der Waals surface area contributed by atoms with Gasteiger partial charge in [0.15, 0.2) is 0 Å². The lowest BCUT2D eigenvalue weighted by Gasteiger charge is -2.31. The number of nitrogens with one attached hydrogen (secondary N) is 1. The minimum Gasteiger partial charge on any atom is -0.492 e. The summed E-state index contributed by atoms with van der Waals surface area (Å²) in [4.78, 5) is 17.4. The number of hydrogen-bond acceptors (Lipinski definition) is 7. The van der Waals surface area contributed by atoms with Gasteiger partial charge in [-0.1, -0.05) is 29.4 Å². The van der Waals surface area contributed by atoms with Crippen LogP contribution >= 0.6 is 0 Å². The molecule has 1 amide bonds. The van der Waals surface area contributed by atoms with Gasteiger partial charge in [-0.3, -0.25) is 4.79 Å². The standard InChI is InChI=1S/C24H28N4O5S/c1-4-32-21-10-6-5-9-20(21)26-24(29)19-8-7-13-28(15-19)34(30,31)22-14-18(12-11-16(22)2)23-25-17(3)33-27-23/h5-6,9-12,14,19H,4,7-8,13,15H2,1-3H3,(H,26,29)/t19-/m0/s1. The molecule has 4 rings (SSSR count). The molecule has 0 unspecified atom stereocenters. The fraction of sp³-hybridized carbons (Fsp3) is 0.375. The van der Waals surface area contributed by atoms with Crippen LogP contribution in [0.15, 0.2) is 51.9 Å². The number of aryl methyl sites for hydroxylation is 2. The highest BCUT2D eigenvalue weighted by atomic mass is 32.2. The van der Waals surface area contributed by atoms with Crippen LogP contribution in [0.5, 0.6) is 5.75 Å². The number of carbonyl (C=O) groups is 1. The molecule has 9 nitrogen and oxygen atoms in total. The summed E-state index contributed by atoms with van der Waals surface area (Å²) in [6, 6.07) is 12.3. The predicted molar refractivity (Wildman–Crippen MR) is 127 cm³/mol. The predicted octanol–water partition coefficient (Wildman–Crippen LogP) is 3.79. The van der Waals surface area contributed by atoms with Crippen LogP contribution < -0.4 is 10.1 Å². The van der Waals surface area contributed by atoms with Gasteiger partial charge >= 0.3 is 0 Å². The summed E-state index contributed by atoms with van der Waals surface area (Å²) in [6.07, 6.45) is 1.20. The first kappa shape index (κ1) is 23.9. The van der Waals surface area contributed by atoms with E-state index in [9.17, 15) is 13.2 Å². The SMILES string of the molecule is CCOc1ccccc1NC(=O)[C@H]1CCCN(S(=O)(=O)c2cc(-c3noc(C)n3)ccc2C)C1. The number of sulfonamides is 1. The van der Waals surface area contributed by atoms with Crippen molar-refractivity contribution in [3.8, 4) is 17.1 Å². The van der Waals surface area contributed by atoms with Gasteiger partial charge in [0.25, 0.3) is 0 Å². The van der Waals surface area contributed by atoms with Gasteiger partial charge < -0.3 is 14.6 Å². The Labute approximate surface area is 199 Å². The number of aromatic nitrogens is 2. The first-order chi connectivity index (χ1) is 16.3. The van der Waals surface area contributed by atoms with E-state index in [1.165, 1.54) is 4.31 Å². The number of amides is 1. The lowest BCUT2D eigenvalue weighted by Crippen LogP contribution is -2.43. The zero-order valence-electron chi connectivity index (χ0n) is 19.4. The number of ether oxygens (including phenoxy) is 1. The second-order valence-corrected chi connectivity index (χ2v) is 10.1. The highest BCUT2D eigenvalue weighted by molar-refractivity contribution is 7.89. The molecule has 2 aromatic carbocycles. The number of hydrogen-bond donors (Lipinski definition) is 1. The summed E-state index contributed by atoms with van der Waals surface area (Å²) in [5, 5.41) is 6.80. The Kier molecular flexibility index (Phi) is 6.99. The smallest absolute Gasteiger partial charge is 0.243 e. The van der Waals surface area contributed by atoms with E-state index in [1.54, 1.807) is 44.2 Å². The average molecular weight is 485 g/mol. The summed E-state index contributed by atoms with van der Waals surface area (Å²) in [5.41, 5.74) is 1.74. The molecule has 1 aliphatic rings. The Balaban J connectivity index is 1.54. The van der Waals surface area contributed by atoms with Gasteiger partial charge in [0.2, 0.25) is 27.6 Å². The molecule has 0 aliphatic carbocycles. The van der Waals surface area contributed by atoms with E-state index in [-0.39, 0.29) is 17.3 Å². The second kappa shape index (κ2) is 9.94. The molecule has 1 atom stereocenters. The van der Waals surface area contributed by atoms with Crippen molar-refractivity contribution in [1.82, 2.24) is 14.4 Å². The molecule has 0 radical (unpaired) electrons. The van der Waals surface area contributed by atoms with Crippen LogP contribution in [-0.4, -0.2) is 48.5 Å². The number of para-hydroxylation sites is 2. The van der Waals surface area contributed by atoms with Crippen LogP contribution in [0.25, 0.3) is 11.4 Å². The van der Waals surface area contributed by atoms with Gasteiger partial charge in [0.1, 0.15) is 5.75 Å². The number of benzene rings is 2. The van der Waals surface area contributed by atoms with E-state index >= 15 is 0 Å². The molecule has 0 saturated carbocycles. The maximum absolute atomic E-state index is 13.6. The van der Waals surface area contributed by atoms with E-state index in [4.69, 9.17) is 9.26 Å². The Morgan fingerprint density at radius 3 is 2.76 bits per heavy atom. The van der Waals surface area contributed by atoms with Gasteiger partial charge in [0, 0.05) is 25.6 Å². The van der Waals surface area contributed by atoms with Crippen LogP contribution in [0, 0.1) is 19.8 Å². The normalized spacial score (nSPS) is 16.9. The number of rotatable bonds is 7. The molecule has 10 heteroatoms. The van der Waals surface area contributed by atoms with Gasteiger partial charge in [-0.25, -0.2) is 8.42 Å². The minimum absolute atomic E-state index is 0.107. The molecular weight excluding hydrogens is 456 g/mol. The summed E-state index contributed by atoms with van der Waals surface area (Å²) < 4.78 is 39.1. The molecule has 1 aliphatic heterocycles. The molecular formula is C24H28N4O5S. The molecule has 2 heterocycles. The lowest BCUT2D eigenvalue weighted by molar-refractivity contribution is -0.120. The van der Waals surface area contributed by atoms with Crippen LogP contribution in [0.3, 0.4) is 0 Å². The fourth-order valence-electron chi connectivity index (χ4n) is 4.03. The van der Waals surface area contributed by atoms with Crippen LogP contribution in [0.1, 0.15) is 31.2 Å². The first-order valence-electron chi connectivity index (χ1n) is 11.2. The van der Waals surface area contributed by atoms with E-state index in [1.807, 2.05) is 19.1 Å². The zero-order chi connectivity index (χ0) is 24.3. The second-order valence-electron chi connectivity index (χ2n) is 8.24. The van der Waals surface area contributed by atoms with Crippen molar-refractivity contribution in [2.45, 2.75) is 38.5 Å². The monoisotopic (exact) mass is 484 g/mol. The average Bonchev–Trinajstić information content (AvgIpc) is 3.27. The fourth-order valence-corrected chi connectivity index (χ4v) is 5.81. The molecule has 1 fully saturated rings. The van der Waals surface area contributed by atoms with Crippen molar-refractivity contribution in [2.75, 3.05) is 25.0 Å². The van der Waals surface area contributed by atoms with E-state index in [0.29, 0.717) is 60.3 Å². The summed E-state index contributed by atoms with van der Waals surface area (Å²) in [5.74, 6) is 0.623. The molecule has 1 saturated heterocycles. The first-order valence-corrected chi connectivity index (χ1v) is 12.7. The highest BCUT2D eigenvalue weighted by Gasteiger charge is 2.34. The van der Waals surface area contributed by atoms with Crippen LogP contribution in [-0.2, 0) is 14.8 Å². The number of carbonyl (C=O) groups excluding carboxylic acids is 1.